The highest BCUT2D eigenvalue weighted by Crippen LogP contribution is 2.31. The molecule has 0 unspecified atom stereocenters. The van der Waals surface area contributed by atoms with Gasteiger partial charge >= 0.3 is 0 Å². The maximum absolute atomic E-state index is 13.3. The summed E-state index contributed by atoms with van der Waals surface area (Å²) in [6, 6.07) is 6.11. The summed E-state index contributed by atoms with van der Waals surface area (Å²) in [6.45, 7) is 6.92. The molecule has 0 saturated carbocycles. The van der Waals surface area contributed by atoms with E-state index in [-0.39, 0.29) is 22.6 Å². The number of aryl methyl sites for hydroxylation is 3. The van der Waals surface area contributed by atoms with Crippen LogP contribution in [0.2, 0.25) is 0 Å². The van der Waals surface area contributed by atoms with Crippen LogP contribution in [0, 0.1) is 20.8 Å². The Hall–Kier alpha value is -3.58. The molecule has 2 amide bonds. The molecular formula is C47H74N2O14. The summed E-state index contributed by atoms with van der Waals surface area (Å²) in [7, 11) is 0. The van der Waals surface area contributed by atoms with Crippen LogP contribution in [-0.4, -0.2) is 134 Å². The number of aliphatic hydroxyl groups excluding tert-OH is 6. The number of hydrogen-bond acceptors (Lipinski definition) is 14. The fourth-order valence-electron chi connectivity index (χ4n) is 8.29. The van der Waals surface area contributed by atoms with Gasteiger partial charge in [-0.2, -0.15) is 0 Å². The number of unbranched alkanes of at least 4 members (excludes halogenated alkanes) is 15. The molecule has 2 heterocycles. The zero-order valence-electron chi connectivity index (χ0n) is 37.5. The van der Waals surface area contributed by atoms with Gasteiger partial charge in [0, 0.05) is 19.2 Å². The molecule has 0 spiro atoms. The monoisotopic (exact) mass is 891 g/mol. The van der Waals surface area contributed by atoms with Crippen LogP contribution in [0.4, 0.5) is 0 Å². The first kappa shape index (κ1) is 52.0. The summed E-state index contributed by atoms with van der Waals surface area (Å²) in [6.07, 6.45) is 3.11. The highest BCUT2D eigenvalue weighted by atomic mass is 16.8. The number of ether oxygens (including phenoxy) is 4. The van der Waals surface area contributed by atoms with E-state index in [1.807, 2.05) is 0 Å². The van der Waals surface area contributed by atoms with E-state index in [9.17, 15) is 50.4 Å². The lowest BCUT2D eigenvalue weighted by Crippen LogP contribution is -2.64. The van der Waals surface area contributed by atoms with Crippen LogP contribution < -0.4 is 15.4 Å². The van der Waals surface area contributed by atoms with Gasteiger partial charge in [-0.05, 0) is 56.0 Å². The number of phenolic OH excluding ortho intramolecular Hbond substituents is 2. The molecule has 2 saturated heterocycles. The van der Waals surface area contributed by atoms with Gasteiger partial charge in [-0.25, -0.2) is 0 Å². The van der Waals surface area contributed by atoms with Crippen LogP contribution in [0.5, 0.6) is 17.2 Å². The number of aliphatic hydroxyl groups is 6. The largest absolute Gasteiger partial charge is 0.507 e. The lowest BCUT2D eigenvalue weighted by atomic mass is 9.97. The Kier molecular flexibility index (Phi) is 21.8. The molecule has 0 radical (unpaired) electrons. The summed E-state index contributed by atoms with van der Waals surface area (Å²) >= 11 is 0. The van der Waals surface area contributed by atoms with Crippen LogP contribution in [0.3, 0.4) is 0 Å². The van der Waals surface area contributed by atoms with Gasteiger partial charge in [0.2, 0.25) is 0 Å². The molecule has 2 aromatic rings. The quantitative estimate of drug-likeness (QED) is 0.0586. The lowest BCUT2D eigenvalue weighted by molar-refractivity contribution is -0.372. The summed E-state index contributed by atoms with van der Waals surface area (Å²) in [5.41, 5.74) is 1.61. The van der Waals surface area contributed by atoms with E-state index in [0.717, 1.165) is 24.8 Å². The van der Waals surface area contributed by atoms with E-state index < -0.39 is 86.3 Å². The van der Waals surface area contributed by atoms with E-state index in [1.54, 1.807) is 32.9 Å². The van der Waals surface area contributed by atoms with Gasteiger partial charge < -0.3 is 70.4 Å². The second-order valence-electron chi connectivity index (χ2n) is 17.3. The second kappa shape index (κ2) is 26.4. The number of hydrogen-bond donors (Lipinski definition) is 10. The number of carbonyl (C=O) groups excluding carboxylic acids is 2. The van der Waals surface area contributed by atoms with Gasteiger partial charge in [0.1, 0.15) is 66.1 Å². The van der Waals surface area contributed by atoms with Crippen LogP contribution >= 0.6 is 0 Å². The predicted octanol–water partition coefficient (Wildman–Crippen LogP) is 4.45. The molecular weight excluding hydrogens is 817 g/mol. The fraction of sp³-hybridized carbons (Fsp3) is 0.702. The van der Waals surface area contributed by atoms with Crippen molar-refractivity contribution >= 4 is 11.8 Å². The number of nitrogens with one attached hydrogen (secondary N) is 2. The molecule has 356 valence electrons. The van der Waals surface area contributed by atoms with Crippen LogP contribution in [0.15, 0.2) is 24.3 Å². The van der Waals surface area contributed by atoms with Crippen molar-refractivity contribution in [3.05, 3.63) is 52.1 Å². The Morgan fingerprint density at radius 3 is 1.35 bits per heavy atom. The van der Waals surface area contributed by atoms with Crippen LogP contribution in [0.25, 0.3) is 0 Å². The molecule has 10 atom stereocenters. The number of rotatable bonds is 26. The first-order valence-corrected chi connectivity index (χ1v) is 23.0. The normalized spacial score (nSPS) is 26.1. The minimum Gasteiger partial charge on any atom is -0.507 e. The summed E-state index contributed by atoms with van der Waals surface area (Å²) in [5.74, 6) is -1.57. The third kappa shape index (κ3) is 15.5. The highest BCUT2D eigenvalue weighted by Gasteiger charge is 2.50. The number of amides is 2. The molecule has 2 aromatic carbocycles. The first-order valence-electron chi connectivity index (χ1n) is 23.0. The van der Waals surface area contributed by atoms with Crippen molar-refractivity contribution in [2.24, 2.45) is 0 Å². The minimum atomic E-state index is -1.89. The molecule has 2 fully saturated rings. The van der Waals surface area contributed by atoms with Gasteiger partial charge in [-0.1, -0.05) is 109 Å². The van der Waals surface area contributed by atoms with E-state index in [4.69, 9.17) is 18.9 Å². The topological polar surface area (TPSA) is 257 Å². The second-order valence-corrected chi connectivity index (χ2v) is 17.3. The molecule has 0 aromatic heterocycles. The molecule has 0 aliphatic carbocycles. The van der Waals surface area contributed by atoms with E-state index in [2.05, 4.69) is 17.6 Å². The SMILES string of the molecule is CCCCCCCCCCCCCCCCCCOc1cc(C)c(C(=O)NC[C@H]2O[C@H](O[C@H]3O[C@H](CNC(=O)c4c(C)cc(C)cc4O)[C@@H](O)[C@H](O)[C@H]3O)[C@H](O)[C@@H](O)[C@@H]2O)c(O)c1. The summed E-state index contributed by atoms with van der Waals surface area (Å²) in [5, 5.41) is 90.2. The third-order valence-electron chi connectivity index (χ3n) is 12.0. The standard InChI is InChI=1S/C47H74N2O14/c1-5-6-7-8-9-10-11-12-13-14-15-16-17-18-19-20-21-60-31-24-30(4)37(33(51)25-31)45(59)49-27-35-39(53)41(55)43(57)47(62-35)63-46-42(56)40(54)38(52)34(61-46)26-48-44(58)36-29(3)22-28(2)23-32(36)50/h22-25,34-35,38-43,46-47,50-57H,5-21,26-27H2,1-4H3,(H,48,58)(H,49,59)/t34-,35-,38-,39-,40+,41+,42-,43-,46-,47-/m1/s1. The van der Waals surface area contributed by atoms with Gasteiger partial charge in [0.15, 0.2) is 12.6 Å². The van der Waals surface area contributed by atoms with Crippen molar-refractivity contribution in [3.8, 4) is 17.2 Å². The van der Waals surface area contributed by atoms with Crippen molar-refractivity contribution in [2.75, 3.05) is 19.7 Å². The van der Waals surface area contributed by atoms with E-state index in [1.165, 1.54) is 95.6 Å². The van der Waals surface area contributed by atoms with Crippen molar-refractivity contribution in [1.82, 2.24) is 10.6 Å². The lowest BCUT2D eigenvalue weighted by Gasteiger charge is -2.45. The molecule has 2 aliphatic rings. The number of aromatic hydroxyl groups is 2. The molecule has 63 heavy (non-hydrogen) atoms. The minimum absolute atomic E-state index is 0.00372. The van der Waals surface area contributed by atoms with E-state index in [0.29, 0.717) is 23.5 Å². The van der Waals surface area contributed by atoms with Crippen molar-refractivity contribution in [2.45, 2.75) is 192 Å². The molecule has 16 nitrogen and oxygen atoms in total. The Morgan fingerprint density at radius 2 is 0.937 bits per heavy atom. The van der Waals surface area contributed by atoms with Crippen LogP contribution in [-0.2, 0) is 14.2 Å². The molecule has 10 N–H and O–H groups in total. The van der Waals surface area contributed by atoms with Gasteiger partial charge in [-0.15, -0.1) is 0 Å². The molecule has 4 rings (SSSR count). The summed E-state index contributed by atoms with van der Waals surface area (Å²) in [4.78, 5) is 26.2. The third-order valence-corrected chi connectivity index (χ3v) is 12.0. The smallest absolute Gasteiger partial charge is 0.255 e. The Morgan fingerprint density at radius 1 is 0.540 bits per heavy atom. The van der Waals surface area contributed by atoms with Gasteiger partial charge in [-0.3, -0.25) is 9.59 Å². The number of carbonyl (C=O) groups is 2. The Labute approximate surface area is 371 Å². The first-order chi connectivity index (χ1) is 30.1. The highest BCUT2D eigenvalue weighted by molar-refractivity contribution is 5.99. The molecule has 2 aliphatic heterocycles. The Balaban J connectivity index is 1.19. The van der Waals surface area contributed by atoms with Crippen molar-refractivity contribution in [1.29, 1.82) is 0 Å². The summed E-state index contributed by atoms with van der Waals surface area (Å²) < 4.78 is 22.9. The van der Waals surface area contributed by atoms with Crippen molar-refractivity contribution in [3.63, 3.8) is 0 Å². The maximum Gasteiger partial charge on any atom is 0.255 e. The number of benzene rings is 2. The maximum atomic E-state index is 13.3. The molecule has 16 heteroatoms. The average Bonchev–Trinajstić information content (AvgIpc) is 3.23. The van der Waals surface area contributed by atoms with Crippen LogP contribution in [0.1, 0.15) is 147 Å². The van der Waals surface area contributed by atoms with Gasteiger partial charge in [0.25, 0.3) is 11.8 Å². The molecule has 0 bridgehead atoms. The number of phenols is 2. The Bertz CT molecular complexity index is 1670. The van der Waals surface area contributed by atoms with Gasteiger partial charge in [0.05, 0.1) is 17.7 Å². The average molecular weight is 891 g/mol. The zero-order valence-corrected chi connectivity index (χ0v) is 37.5. The predicted molar refractivity (Wildman–Crippen MR) is 235 cm³/mol. The van der Waals surface area contributed by atoms with E-state index >= 15 is 0 Å². The van der Waals surface area contributed by atoms with Crippen molar-refractivity contribution < 1.29 is 69.4 Å². The fourth-order valence-corrected chi connectivity index (χ4v) is 8.29. The zero-order chi connectivity index (χ0) is 46.1.